The molecule has 4 rings (SSSR count). The van der Waals surface area contributed by atoms with E-state index in [0.717, 1.165) is 44.0 Å². The quantitative estimate of drug-likeness (QED) is 0.651. The zero-order chi connectivity index (χ0) is 20.8. The van der Waals surface area contributed by atoms with Crippen LogP contribution in [0.25, 0.3) is 0 Å². The van der Waals surface area contributed by atoms with Gasteiger partial charge in [-0.1, -0.05) is 30.3 Å². The highest BCUT2D eigenvalue weighted by Crippen LogP contribution is 2.30. The number of ether oxygens (including phenoxy) is 1. The molecule has 0 fully saturated rings. The molecule has 0 spiro atoms. The Hall–Kier alpha value is -2.27. The van der Waals surface area contributed by atoms with Gasteiger partial charge in [0.25, 0.3) is 0 Å². The molecule has 0 N–H and O–H groups in total. The zero-order valence-corrected chi connectivity index (χ0v) is 18.6. The molecule has 0 saturated carbocycles. The summed E-state index contributed by atoms with van der Waals surface area (Å²) in [5.41, 5.74) is 2.62. The SMILES string of the molecule is COc1ccc2c(c1)CN(C(=O)CC[N+]1=CCC(Cc3ccccc3)CC1)CCS2. The van der Waals surface area contributed by atoms with Crippen LogP contribution in [0.3, 0.4) is 0 Å². The van der Waals surface area contributed by atoms with Gasteiger partial charge in [-0.05, 0) is 41.7 Å². The second-order valence-corrected chi connectivity index (χ2v) is 9.32. The van der Waals surface area contributed by atoms with Gasteiger partial charge in [0.2, 0.25) is 5.91 Å². The maximum absolute atomic E-state index is 12.9. The number of benzene rings is 2. The lowest BCUT2D eigenvalue weighted by molar-refractivity contribution is -0.529. The van der Waals surface area contributed by atoms with Crippen molar-refractivity contribution in [1.29, 1.82) is 0 Å². The zero-order valence-electron chi connectivity index (χ0n) is 17.8. The van der Waals surface area contributed by atoms with E-state index >= 15 is 0 Å². The van der Waals surface area contributed by atoms with Crippen LogP contribution in [0, 0.1) is 5.92 Å². The van der Waals surface area contributed by atoms with Crippen LogP contribution in [0.5, 0.6) is 5.75 Å². The van der Waals surface area contributed by atoms with Crippen LogP contribution in [0.2, 0.25) is 0 Å². The molecule has 4 nitrogen and oxygen atoms in total. The Bertz CT molecular complexity index is 897. The number of thioether (sulfide) groups is 1. The van der Waals surface area contributed by atoms with E-state index in [9.17, 15) is 4.79 Å². The first-order valence-corrected chi connectivity index (χ1v) is 11.9. The second kappa shape index (κ2) is 10.2. The molecule has 0 radical (unpaired) electrons. The van der Waals surface area contributed by atoms with Crippen molar-refractivity contribution in [3.05, 3.63) is 59.7 Å². The predicted octanol–water partition coefficient (Wildman–Crippen LogP) is 4.26. The summed E-state index contributed by atoms with van der Waals surface area (Å²) in [6.07, 6.45) is 6.37. The minimum atomic E-state index is 0.256. The van der Waals surface area contributed by atoms with Crippen LogP contribution < -0.4 is 4.74 Å². The van der Waals surface area contributed by atoms with Crippen molar-refractivity contribution in [2.75, 3.05) is 32.5 Å². The second-order valence-electron chi connectivity index (χ2n) is 8.19. The molecule has 2 aromatic carbocycles. The van der Waals surface area contributed by atoms with Crippen molar-refractivity contribution in [1.82, 2.24) is 4.90 Å². The fourth-order valence-electron chi connectivity index (χ4n) is 4.30. The van der Waals surface area contributed by atoms with Gasteiger partial charge < -0.3 is 9.64 Å². The molecule has 1 amide bonds. The lowest BCUT2D eigenvalue weighted by atomic mass is 9.92. The van der Waals surface area contributed by atoms with E-state index in [-0.39, 0.29) is 5.91 Å². The summed E-state index contributed by atoms with van der Waals surface area (Å²) in [7, 11) is 1.69. The Labute approximate surface area is 183 Å². The monoisotopic (exact) mass is 423 g/mol. The van der Waals surface area contributed by atoms with Gasteiger partial charge in [-0.25, -0.2) is 4.58 Å². The van der Waals surface area contributed by atoms with Crippen molar-refractivity contribution in [3.8, 4) is 5.75 Å². The van der Waals surface area contributed by atoms with E-state index in [1.165, 1.54) is 22.4 Å². The summed E-state index contributed by atoms with van der Waals surface area (Å²) in [5, 5.41) is 0. The van der Waals surface area contributed by atoms with Crippen LogP contribution in [-0.4, -0.2) is 54.1 Å². The number of fused-ring (bicyclic) bond motifs is 1. The molecule has 158 valence electrons. The van der Waals surface area contributed by atoms with Crippen molar-refractivity contribution in [3.63, 3.8) is 0 Å². The summed E-state index contributed by atoms with van der Waals surface area (Å²) < 4.78 is 7.72. The lowest BCUT2D eigenvalue weighted by Gasteiger charge is -2.22. The number of carbonyl (C=O) groups excluding carboxylic acids is 1. The molecule has 2 aliphatic heterocycles. The molecular formula is C25H31N2O2S+. The largest absolute Gasteiger partial charge is 0.497 e. The summed E-state index contributed by atoms with van der Waals surface area (Å²) >= 11 is 1.83. The number of carbonyl (C=O) groups is 1. The minimum Gasteiger partial charge on any atom is -0.497 e. The number of hydrogen-bond acceptors (Lipinski definition) is 3. The molecule has 0 bridgehead atoms. The third-order valence-electron chi connectivity index (χ3n) is 6.10. The Balaban J connectivity index is 1.28. The van der Waals surface area contributed by atoms with Crippen LogP contribution in [-0.2, 0) is 17.8 Å². The highest BCUT2D eigenvalue weighted by molar-refractivity contribution is 7.99. The van der Waals surface area contributed by atoms with Crippen molar-refractivity contribution < 1.29 is 14.1 Å². The van der Waals surface area contributed by atoms with Crippen molar-refractivity contribution in [2.45, 2.75) is 37.1 Å². The number of rotatable bonds is 6. The first-order valence-electron chi connectivity index (χ1n) is 10.9. The van der Waals surface area contributed by atoms with Gasteiger partial charge in [0.15, 0.2) is 6.54 Å². The molecule has 30 heavy (non-hydrogen) atoms. The van der Waals surface area contributed by atoms with E-state index in [1.54, 1.807) is 7.11 Å². The third-order valence-corrected chi connectivity index (χ3v) is 7.20. The third kappa shape index (κ3) is 5.45. The van der Waals surface area contributed by atoms with Crippen molar-refractivity contribution in [2.24, 2.45) is 5.92 Å². The molecule has 2 heterocycles. The highest BCUT2D eigenvalue weighted by atomic mass is 32.2. The average Bonchev–Trinajstić information content (AvgIpc) is 3.01. The van der Waals surface area contributed by atoms with E-state index < -0.39 is 0 Å². The standard InChI is InChI=1S/C25H31N2O2S/c1-29-23-7-8-24-22(18-23)19-27(15-16-30-24)25(28)11-14-26-12-9-21(10-13-26)17-20-5-3-2-4-6-20/h2-8,12,18,21H,9-11,13-17,19H2,1H3/q+1. The molecular weight excluding hydrogens is 392 g/mol. The number of hydrogen-bond donors (Lipinski definition) is 0. The predicted molar refractivity (Wildman–Crippen MR) is 123 cm³/mol. The summed E-state index contributed by atoms with van der Waals surface area (Å²) in [6.45, 7) is 3.37. The van der Waals surface area contributed by atoms with Gasteiger partial charge in [0.05, 0.1) is 13.5 Å². The van der Waals surface area contributed by atoms with E-state index in [0.29, 0.717) is 18.9 Å². The summed E-state index contributed by atoms with van der Waals surface area (Å²) in [4.78, 5) is 16.2. The Morgan fingerprint density at radius 1 is 1.23 bits per heavy atom. The number of amides is 1. The van der Waals surface area contributed by atoms with Crippen LogP contribution >= 0.6 is 11.8 Å². The molecule has 1 atom stereocenters. The van der Waals surface area contributed by atoms with Gasteiger partial charge in [-0.3, -0.25) is 4.79 Å². The van der Waals surface area contributed by atoms with E-state index in [2.05, 4.69) is 53.3 Å². The summed E-state index contributed by atoms with van der Waals surface area (Å²) in [6, 6.07) is 16.9. The maximum Gasteiger partial charge on any atom is 0.229 e. The van der Waals surface area contributed by atoms with Crippen molar-refractivity contribution >= 4 is 23.9 Å². The van der Waals surface area contributed by atoms with Crippen LogP contribution in [0.15, 0.2) is 53.4 Å². The van der Waals surface area contributed by atoms with Gasteiger partial charge in [-0.2, -0.15) is 0 Å². The van der Waals surface area contributed by atoms with Crippen LogP contribution in [0.4, 0.5) is 0 Å². The molecule has 0 saturated heterocycles. The molecule has 2 aliphatic rings. The maximum atomic E-state index is 12.9. The first kappa shape index (κ1) is 21.0. The Morgan fingerprint density at radius 3 is 2.87 bits per heavy atom. The Kier molecular flexibility index (Phi) is 7.11. The molecule has 0 aromatic heterocycles. The van der Waals surface area contributed by atoms with Gasteiger partial charge in [-0.15, -0.1) is 11.8 Å². The van der Waals surface area contributed by atoms with E-state index in [4.69, 9.17) is 4.74 Å². The van der Waals surface area contributed by atoms with E-state index in [1.807, 2.05) is 22.7 Å². The minimum absolute atomic E-state index is 0.256. The van der Waals surface area contributed by atoms with Crippen LogP contribution in [0.1, 0.15) is 30.4 Å². The average molecular weight is 424 g/mol. The topological polar surface area (TPSA) is 32.5 Å². The van der Waals surface area contributed by atoms with Gasteiger partial charge in [0.1, 0.15) is 18.5 Å². The molecule has 2 aromatic rings. The molecule has 5 heteroatoms. The molecule has 1 unspecified atom stereocenters. The fraction of sp³-hybridized carbons (Fsp3) is 0.440. The first-order chi connectivity index (χ1) is 14.7. The molecule has 0 aliphatic carbocycles. The summed E-state index contributed by atoms with van der Waals surface area (Å²) in [5.74, 6) is 2.78. The normalized spacial score (nSPS) is 18.9. The Morgan fingerprint density at radius 2 is 2.10 bits per heavy atom. The number of nitrogens with zero attached hydrogens (tertiary/aromatic N) is 2. The van der Waals surface area contributed by atoms with Gasteiger partial charge in [0, 0.05) is 36.6 Å². The fourth-order valence-corrected chi connectivity index (χ4v) is 5.30. The van der Waals surface area contributed by atoms with Gasteiger partial charge >= 0.3 is 0 Å². The highest BCUT2D eigenvalue weighted by Gasteiger charge is 2.23. The number of methoxy groups -OCH3 is 1. The lowest BCUT2D eigenvalue weighted by Crippen LogP contribution is -2.34. The smallest absolute Gasteiger partial charge is 0.229 e.